The highest BCUT2D eigenvalue weighted by molar-refractivity contribution is 9.51. The van der Waals surface area contributed by atoms with Gasteiger partial charge in [0.15, 0.2) is 0 Å². The van der Waals surface area contributed by atoms with Gasteiger partial charge in [-0.3, -0.25) is 0 Å². The van der Waals surface area contributed by atoms with E-state index in [0.29, 0.717) is 0 Å². The summed E-state index contributed by atoms with van der Waals surface area (Å²) in [7, 11) is 0. The van der Waals surface area contributed by atoms with Crippen LogP contribution in [0.25, 0.3) is 6.08 Å². The van der Waals surface area contributed by atoms with E-state index in [4.69, 9.17) is 0 Å². The minimum absolute atomic E-state index is 1.21. The first-order valence-electron chi connectivity index (χ1n) is 3.65. The zero-order chi connectivity index (χ0) is 9.19. The van der Waals surface area contributed by atoms with E-state index >= 15 is 0 Å². The summed E-state index contributed by atoms with van der Waals surface area (Å²) in [5.41, 5.74) is 1.21. The van der Waals surface area contributed by atoms with Gasteiger partial charge >= 0.3 is 0 Å². The Morgan fingerprint density at radius 1 is 1.33 bits per heavy atom. The zero-order valence-corrected chi connectivity index (χ0v) is 11.0. The van der Waals surface area contributed by atoms with Gasteiger partial charge in [0.05, 0.1) is 0 Å². The molecule has 0 heterocycles. The molecule has 0 saturated carbocycles. The van der Waals surface area contributed by atoms with Crippen molar-refractivity contribution in [1.29, 1.82) is 0 Å². The van der Waals surface area contributed by atoms with Gasteiger partial charge in [-0.05, 0) is 17.3 Å². The lowest BCUT2D eigenvalue weighted by molar-refractivity contribution is 1.71. The zero-order valence-electron chi connectivity index (χ0n) is 6.85. The second-order valence-corrected chi connectivity index (χ2v) is 17.7. The van der Waals surface area contributed by atoms with E-state index in [-0.39, 0.29) is 0 Å². The maximum absolute atomic E-state index is 3.79. The smallest absolute Gasteiger partial charge is 0.105 e. The van der Waals surface area contributed by atoms with E-state index in [9.17, 15) is 0 Å². The van der Waals surface area contributed by atoms with Gasteiger partial charge in [-0.25, -0.2) is 0 Å². The third-order valence-corrected chi connectivity index (χ3v) is 5.62. The lowest BCUT2D eigenvalue weighted by Crippen LogP contribution is -2.33. The Morgan fingerprint density at radius 2 is 1.92 bits per heavy atom. The van der Waals surface area contributed by atoms with Gasteiger partial charge in [0.1, 0.15) is 0 Å². The molecule has 0 atom stereocenters. The SMILES string of the molecule is C=Cc1ccccc1[Si](C)(Br)Br. The van der Waals surface area contributed by atoms with E-state index in [1.165, 1.54) is 10.8 Å². The first kappa shape index (κ1) is 10.2. The van der Waals surface area contributed by atoms with Gasteiger partial charge in [0, 0.05) is 0 Å². The van der Waals surface area contributed by atoms with Crippen LogP contribution in [0, 0.1) is 0 Å². The van der Waals surface area contributed by atoms with E-state index in [1.807, 2.05) is 12.1 Å². The monoisotopic (exact) mass is 304 g/mol. The Hall–Kier alpha value is 0.137. The third-order valence-electron chi connectivity index (χ3n) is 1.65. The van der Waals surface area contributed by atoms with Crippen LogP contribution in [0.3, 0.4) is 0 Å². The molecule has 0 bridgehead atoms. The largest absolute Gasteiger partial charge is 0.228 e. The molecule has 0 aromatic heterocycles. The van der Waals surface area contributed by atoms with Crippen LogP contribution in [-0.4, -0.2) is 5.31 Å². The molecular weight excluding hydrogens is 296 g/mol. The van der Waals surface area contributed by atoms with E-state index in [2.05, 4.69) is 61.9 Å². The maximum atomic E-state index is 3.79. The highest BCUT2D eigenvalue weighted by Gasteiger charge is 2.23. The van der Waals surface area contributed by atoms with Crippen molar-refractivity contribution in [1.82, 2.24) is 0 Å². The molecule has 0 nitrogen and oxygen atoms in total. The molecule has 1 aromatic carbocycles. The van der Waals surface area contributed by atoms with Gasteiger partial charge < -0.3 is 0 Å². The van der Waals surface area contributed by atoms with Crippen LogP contribution in [0.2, 0.25) is 6.55 Å². The molecule has 64 valence electrons. The third kappa shape index (κ3) is 2.31. The van der Waals surface area contributed by atoms with Gasteiger partial charge in [-0.2, -0.15) is 0 Å². The van der Waals surface area contributed by atoms with Crippen molar-refractivity contribution < 1.29 is 0 Å². The molecule has 1 aromatic rings. The Kier molecular flexibility index (Phi) is 3.32. The van der Waals surface area contributed by atoms with Gasteiger partial charge in [-0.1, -0.05) is 36.9 Å². The van der Waals surface area contributed by atoms with Crippen molar-refractivity contribution in [3.05, 3.63) is 36.4 Å². The minimum Gasteiger partial charge on any atom is -0.105 e. The molecule has 0 aliphatic rings. The molecule has 0 fully saturated rings. The molecule has 12 heavy (non-hydrogen) atoms. The standard InChI is InChI=1S/C9H10Br2Si/c1-3-8-6-4-5-7-9(8)12(2,10)11/h3-7H,1H2,2H3. The van der Waals surface area contributed by atoms with Crippen LogP contribution >= 0.6 is 30.6 Å². The van der Waals surface area contributed by atoms with E-state index < -0.39 is 5.31 Å². The predicted octanol–water partition coefficient (Wildman–Crippen LogP) is 3.40. The molecule has 1 rings (SSSR count). The fourth-order valence-corrected chi connectivity index (χ4v) is 4.32. The molecule has 0 amide bonds. The van der Waals surface area contributed by atoms with Crippen LogP contribution in [0.4, 0.5) is 0 Å². The average molecular weight is 306 g/mol. The summed E-state index contributed by atoms with van der Waals surface area (Å²) in [6, 6.07) is 8.29. The molecule has 0 unspecified atom stereocenters. The quantitative estimate of drug-likeness (QED) is 0.580. The molecular formula is C9H10Br2Si. The predicted molar refractivity (Wildman–Crippen MR) is 65.6 cm³/mol. The van der Waals surface area contributed by atoms with E-state index in [1.54, 1.807) is 0 Å². The number of rotatable bonds is 2. The summed E-state index contributed by atoms with van der Waals surface area (Å²) in [4.78, 5) is 0. The summed E-state index contributed by atoms with van der Waals surface area (Å²) < 4.78 is 0. The number of benzene rings is 1. The molecule has 0 radical (unpaired) electrons. The first-order valence-corrected chi connectivity index (χ1v) is 10.7. The molecule has 3 heteroatoms. The lowest BCUT2D eigenvalue weighted by Gasteiger charge is -2.14. The summed E-state index contributed by atoms with van der Waals surface area (Å²) in [6.45, 7) is 5.98. The second kappa shape index (κ2) is 3.90. The molecule has 0 aliphatic carbocycles. The summed E-state index contributed by atoms with van der Waals surface area (Å²) >= 11 is 7.37. The Labute approximate surface area is 89.9 Å². The molecule has 0 aliphatic heterocycles. The number of halogens is 2. The topological polar surface area (TPSA) is 0 Å². The van der Waals surface area contributed by atoms with Crippen molar-refractivity contribution in [3.63, 3.8) is 0 Å². The van der Waals surface area contributed by atoms with Crippen molar-refractivity contribution in [2.45, 2.75) is 6.55 Å². The molecule has 0 N–H and O–H groups in total. The molecule has 0 spiro atoms. The molecule has 0 saturated heterocycles. The highest BCUT2D eigenvalue weighted by atomic mass is 79.9. The van der Waals surface area contributed by atoms with Gasteiger partial charge in [0.2, 0.25) is 5.31 Å². The highest BCUT2D eigenvalue weighted by Crippen LogP contribution is 2.21. The van der Waals surface area contributed by atoms with Crippen LogP contribution in [0.5, 0.6) is 0 Å². The Balaban J connectivity index is 3.23. The summed E-state index contributed by atoms with van der Waals surface area (Å²) in [6.07, 6.45) is 1.89. The fourth-order valence-electron chi connectivity index (χ4n) is 1.07. The van der Waals surface area contributed by atoms with E-state index in [0.717, 1.165) is 0 Å². The van der Waals surface area contributed by atoms with Crippen molar-refractivity contribution in [2.75, 3.05) is 0 Å². The minimum atomic E-state index is -1.55. The van der Waals surface area contributed by atoms with Crippen LogP contribution in [-0.2, 0) is 0 Å². The van der Waals surface area contributed by atoms with Gasteiger partial charge in [-0.15, -0.1) is 30.6 Å². The van der Waals surface area contributed by atoms with Crippen molar-refractivity contribution >= 4 is 47.2 Å². The number of hydrogen-bond acceptors (Lipinski definition) is 0. The first-order chi connectivity index (χ1) is 5.55. The number of hydrogen-bond donors (Lipinski definition) is 0. The summed E-state index contributed by atoms with van der Waals surface area (Å²) in [5.74, 6) is 0. The summed E-state index contributed by atoms with van der Waals surface area (Å²) in [5, 5.41) is -0.212. The van der Waals surface area contributed by atoms with Gasteiger partial charge in [0.25, 0.3) is 0 Å². The maximum Gasteiger partial charge on any atom is 0.228 e. The van der Waals surface area contributed by atoms with Crippen molar-refractivity contribution in [3.8, 4) is 0 Å². The fraction of sp³-hybridized carbons (Fsp3) is 0.111. The second-order valence-electron chi connectivity index (χ2n) is 2.68. The Morgan fingerprint density at radius 3 is 2.33 bits per heavy atom. The van der Waals surface area contributed by atoms with Crippen molar-refractivity contribution in [2.24, 2.45) is 0 Å². The van der Waals surface area contributed by atoms with Crippen LogP contribution < -0.4 is 5.19 Å². The average Bonchev–Trinajstić information content (AvgIpc) is 2.03. The van der Waals surface area contributed by atoms with Crippen LogP contribution in [0.1, 0.15) is 5.56 Å². The normalized spacial score (nSPS) is 11.2. The van der Waals surface area contributed by atoms with Crippen LogP contribution in [0.15, 0.2) is 30.8 Å². The lowest BCUT2D eigenvalue weighted by atomic mass is 10.2. The Bertz CT molecular complexity index is 289.